The molecular formula is C17H19NO2. The van der Waals surface area contributed by atoms with E-state index >= 15 is 0 Å². The Kier molecular flexibility index (Phi) is 3.05. The zero-order valence-electron chi connectivity index (χ0n) is 11.8. The summed E-state index contributed by atoms with van der Waals surface area (Å²) in [6.07, 6.45) is 0. The molecule has 1 aliphatic heterocycles. The van der Waals surface area contributed by atoms with Gasteiger partial charge in [0, 0.05) is 5.41 Å². The SMILES string of the molecule is CC(C)(c1ccccc1)c1cc(N)c2c(c1)OCCO2. The Bertz CT molecular complexity index is 620. The lowest BCUT2D eigenvalue weighted by Gasteiger charge is -2.29. The molecular weight excluding hydrogens is 250 g/mol. The first-order chi connectivity index (χ1) is 9.59. The minimum atomic E-state index is -0.134. The summed E-state index contributed by atoms with van der Waals surface area (Å²) in [7, 11) is 0. The summed E-state index contributed by atoms with van der Waals surface area (Å²) in [6.45, 7) is 5.50. The van der Waals surface area contributed by atoms with Crippen LogP contribution in [0.4, 0.5) is 5.69 Å². The number of rotatable bonds is 2. The highest BCUT2D eigenvalue weighted by atomic mass is 16.6. The highest BCUT2D eigenvalue weighted by molar-refractivity contribution is 5.64. The molecule has 0 bridgehead atoms. The summed E-state index contributed by atoms with van der Waals surface area (Å²) >= 11 is 0. The van der Waals surface area contributed by atoms with Gasteiger partial charge in [-0.3, -0.25) is 0 Å². The maximum absolute atomic E-state index is 6.11. The van der Waals surface area contributed by atoms with Crippen LogP contribution in [0.25, 0.3) is 0 Å². The van der Waals surface area contributed by atoms with Crippen molar-refractivity contribution in [2.75, 3.05) is 18.9 Å². The van der Waals surface area contributed by atoms with Crippen LogP contribution < -0.4 is 15.2 Å². The average molecular weight is 269 g/mol. The third-order valence-corrected chi connectivity index (χ3v) is 3.89. The smallest absolute Gasteiger partial charge is 0.184 e. The Labute approximate surface area is 119 Å². The van der Waals surface area contributed by atoms with Crippen LogP contribution in [0.1, 0.15) is 25.0 Å². The zero-order valence-corrected chi connectivity index (χ0v) is 11.8. The fourth-order valence-electron chi connectivity index (χ4n) is 2.56. The van der Waals surface area contributed by atoms with E-state index in [2.05, 4.69) is 38.1 Å². The second-order valence-corrected chi connectivity index (χ2v) is 5.58. The molecule has 0 atom stereocenters. The van der Waals surface area contributed by atoms with Crippen molar-refractivity contribution in [3.8, 4) is 11.5 Å². The van der Waals surface area contributed by atoms with Crippen molar-refractivity contribution in [2.45, 2.75) is 19.3 Å². The van der Waals surface area contributed by atoms with Crippen LogP contribution in [0, 0.1) is 0 Å². The molecule has 1 aliphatic rings. The molecule has 0 spiro atoms. The lowest BCUT2D eigenvalue weighted by atomic mass is 9.78. The highest BCUT2D eigenvalue weighted by Gasteiger charge is 2.26. The van der Waals surface area contributed by atoms with Gasteiger partial charge >= 0.3 is 0 Å². The van der Waals surface area contributed by atoms with Crippen molar-refractivity contribution in [1.82, 2.24) is 0 Å². The van der Waals surface area contributed by atoms with Crippen molar-refractivity contribution < 1.29 is 9.47 Å². The van der Waals surface area contributed by atoms with Crippen LogP contribution in [0.15, 0.2) is 42.5 Å². The van der Waals surface area contributed by atoms with Crippen molar-refractivity contribution >= 4 is 5.69 Å². The van der Waals surface area contributed by atoms with Crippen LogP contribution in [-0.2, 0) is 5.41 Å². The monoisotopic (exact) mass is 269 g/mol. The summed E-state index contributed by atoms with van der Waals surface area (Å²) in [5.41, 5.74) is 8.99. The molecule has 3 rings (SSSR count). The Morgan fingerprint density at radius 3 is 2.40 bits per heavy atom. The molecule has 0 saturated heterocycles. The third-order valence-electron chi connectivity index (χ3n) is 3.89. The molecule has 20 heavy (non-hydrogen) atoms. The number of anilines is 1. The molecule has 104 valence electrons. The van der Waals surface area contributed by atoms with Crippen LogP contribution in [0.3, 0.4) is 0 Å². The summed E-state index contributed by atoms with van der Waals surface area (Å²) < 4.78 is 11.2. The first-order valence-corrected chi connectivity index (χ1v) is 6.84. The molecule has 3 nitrogen and oxygen atoms in total. The third kappa shape index (κ3) is 2.09. The first-order valence-electron chi connectivity index (χ1n) is 6.84. The van der Waals surface area contributed by atoms with Gasteiger partial charge in [0.1, 0.15) is 13.2 Å². The molecule has 0 saturated carbocycles. The van der Waals surface area contributed by atoms with Gasteiger partial charge in [0.15, 0.2) is 11.5 Å². The minimum Gasteiger partial charge on any atom is -0.486 e. The molecule has 0 radical (unpaired) electrons. The maximum Gasteiger partial charge on any atom is 0.184 e. The molecule has 2 N–H and O–H groups in total. The summed E-state index contributed by atoms with van der Waals surface area (Å²) in [4.78, 5) is 0. The number of benzene rings is 2. The standard InChI is InChI=1S/C17H19NO2/c1-17(2,12-6-4-3-5-7-12)13-10-14(18)16-15(11-13)19-8-9-20-16/h3-7,10-11H,8-9,18H2,1-2H3. The molecule has 1 heterocycles. The number of hydrogen-bond donors (Lipinski definition) is 1. The van der Waals surface area contributed by atoms with Gasteiger partial charge in [-0.2, -0.15) is 0 Å². The van der Waals surface area contributed by atoms with Gasteiger partial charge < -0.3 is 15.2 Å². The normalized spacial score (nSPS) is 14.1. The van der Waals surface area contributed by atoms with Crippen LogP contribution in [-0.4, -0.2) is 13.2 Å². The van der Waals surface area contributed by atoms with Gasteiger partial charge in [0.25, 0.3) is 0 Å². The Hall–Kier alpha value is -2.16. The molecule has 0 aliphatic carbocycles. The van der Waals surface area contributed by atoms with E-state index in [1.54, 1.807) is 0 Å². The largest absolute Gasteiger partial charge is 0.486 e. The molecule has 0 fully saturated rings. The molecule has 2 aromatic rings. The van der Waals surface area contributed by atoms with Gasteiger partial charge in [-0.1, -0.05) is 44.2 Å². The van der Waals surface area contributed by atoms with Crippen LogP contribution in [0.2, 0.25) is 0 Å². The van der Waals surface area contributed by atoms with E-state index in [9.17, 15) is 0 Å². The molecule has 0 aromatic heterocycles. The fraction of sp³-hybridized carbons (Fsp3) is 0.294. The van der Waals surface area contributed by atoms with Crippen molar-refractivity contribution in [1.29, 1.82) is 0 Å². The number of fused-ring (bicyclic) bond motifs is 1. The van der Waals surface area contributed by atoms with E-state index in [0.717, 1.165) is 11.3 Å². The topological polar surface area (TPSA) is 44.5 Å². The number of nitrogen functional groups attached to an aromatic ring is 1. The predicted molar refractivity (Wildman–Crippen MR) is 80.4 cm³/mol. The Morgan fingerprint density at radius 1 is 0.950 bits per heavy atom. The van der Waals surface area contributed by atoms with E-state index in [-0.39, 0.29) is 5.41 Å². The van der Waals surface area contributed by atoms with Crippen molar-refractivity contribution in [2.24, 2.45) is 0 Å². The minimum absolute atomic E-state index is 0.134. The Morgan fingerprint density at radius 2 is 1.65 bits per heavy atom. The van der Waals surface area contributed by atoms with Gasteiger partial charge in [-0.15, -0.1) is 0 Å². The summed E-state index contributed by atoms with van der Waals surface area (Å²) in [6, 6.07) is 14.4. The lowest BCUT2D eigenvalue weighted by molar-refractivity contribution is 0.172. The van der Waals surface area contributed by atoms with Gasteiger partial charge in [0.05, 0.1) is 5.69 Å². The molecule has 0 amide bonds. The summed E-state index contributed by atoms with van der Waals surface area (Å²) in [5, 5.41) is 0. The number of nitrogens with two attached hydrogens (primary N) is 1. The zero-order chi connectivity index (χ0) is 14.2. The fourth-order valence-corrected chi connectivity index (χ4v) is 2.56. The number of hydrogen-bond acceptors (Lipinski definition) is 3. The lowest BCUT2D eigenvalue weighted by Crippen LogP contribution is -2.21. The molecule has 3 heteroatoms. The van der Waals surface area contributed by atoms with E-state index < -0.39 is 0 Å². The number of ether oxygens (including phenoxy) is 2. The van der Waals surface area contributed by atoms with Gasteiger partial charge in [0.2, 0.25) is 0 Å². The summed E-state index contributed by atoms with van der Waals surface area (Å²) in [5.74, 6) is 1.42. The highest BCUT2D eigenvalue weighted by Crippen LogP contribution is 2.42. The second-order valence-electron chi connectivity index (χ2n) is 5.58. The predicted octanol–water partition coefficient (Wildman–Crippen LogP) is 3.37. The average Bonchev–Trinajstić information content (AvgIpc) is 2.48. The van der Waals surface area contributed by atoms with E-state index in [0.29, 0.717) is 24.7 Å². The first kappa shape index (κ1) is 12.9. The van der Waals surface area contributed by atoms with E-state index in [4.69, 9.17) is 15.2 Å². The quantitative estimate of drug-likeness (QED) is 0.850. The Balaban J connectivity index is 2.08. The van der Waals surface area contributed by atoms with Crippen molar-refractivity contribution in [3.05, 3.63) is 53.6 Å². The van der Waals surface area contributed by atoms with Crippen LogP contribution in [0.5, 0.6) is 11.5 Å². The maximum atomic E-state index is 6.11. The molecule has 0 unspecified atom stereocenters. The second kappa shape index (κ2) is 4.75. The van der Waals surface area contributed by atoms with E-state index in [1.165, 1.54) is 5.56 Å². The molecule has 2 aromatic carbocycles. The van der Waals surface area contributed by atoms with E-state index in [1.807, 2.05) is 18.2 Å². The van der Waals surface area contributed by atoms with Crippen LogP contribution >= 0.6 is 0 Å². The van der Waals surface area contributed by atoms with Crippen molar-refractivity contribution in [3.63, 3.8) is 0 Å². The van der Waals surface area contributed by atoms with Gasteiger partial charge in [-0.05, 0) is 23.3 Å². The van der Waals surface area contributed by atoms with Gasteiger partial charge in [-0.25, -0.2) is 0 Å².